The summed E-state index contributed by atoms with van der Waals surface area (Å²) in [7, 11) is 0. The average Bonchev–Trinajstić information content (AvgIpc) is 3.63. The number of hydrogen-bond acceptors (Lipinski definition) is 6. The Bertz CT molecular complexity index is 2940. The van der Waals surface area contributed by atoms with Gasteiger partial charge in [-0.1, -0.05) is 91.0 Å². The first-order valence-electron chi connectivity index (χ1n) is 20.4. The van der Waals surface area contributed by atoms with Gasteiger partial charge < -0.3 is 14.7 Å². The van der Waals surface area contributed by atoms with E-state index in [2.05, 4.69) is 183 Å². The van der Waals surface area contributed by atoms with Gasteiger partial charge in [0.15, 0.2) is 0 Å². The zero-order valence-corrected chi connectivity index (χ0v) is 33.3. The van der Waals surface area contributed by atoms with E-state index in [1.807, 2.05) is 42.5 Å². The lowest BCUT2D eigenvalue weighted by molar-refractivity contribution is 0.749. The highest BCUT2D eigenvalue weighted by Gasteiger charge is 2.54. The summed E-state index contributed by atoms with van der Waals surface area (Å²) in [5.41, 5.74) is 13.6. The largest absolute Gasteiger partial charge is 0.310 e. The Labute approximate surface area is 360 Å². The second-order valence-electron chi connectivity index (χ2n) is 15.3. The minimum atomic E-state index is -1.09. The molecular weight excluding hydrogens is 759 g/mol. The Morgan fingerprint density at radius 1 is 0.468 bits per heavy atom. The SMILES string of the molecule is [C-]#[N+]c1cnc2c(c1)C1(c3cc(N(c4ccccc4)c4ccccc4)ccc3N(c3ccccc3)c3ccc(N(c4ccccc4)c4ccccc4)cc31)c1cc(C#N)cnc1-2. The van der Waals surface area contributed by atoms with E-state index in [9.17, 15) is 5.26 Å². The lowest BCUT2D eigenvalue weighted by Gasteiger charge is -2.46. The van der Waals surface area contributed by atoms with Crippen molar-refractivity contribution in [2.24, 2.45) is 0 Å². The molecule has 7 nitrogen and oxygen atoms in total. The average molecular weight is 794 g/mol. The summed E-state index contributed by atoms with van der Waals surface area (Å²) in [4.78, 5) is 20.8. The van der Waals surface area contributed by atoms with Crippen molar-refractivity contribution in [1.82, 2.24) is 9.97 Å². The molecule has 0 amide bonds. The molecule has 2 aromatic heterocycles. The Morgan fingerprint density at radius 3 is 1.32 bits per heavy atom. The van der Waals surface area contributed by atoms with Gasteiger partial charge in [-0.3, -0.25) is 9.97 Å². The number of hydrogen-bond donors (Lipinski definition) is 0. The fourth-order valence-electron chi connectivity index (χ4n) is 9.37. The zero-order valence-electron chi connectivity index (χ0n) is 33.3. The van der Waals surface area contributed by atoms with Crippen LogP contribution in [0.15, 0.2) is 213 Å². The number of aromatic nitrogens is 2. The van der Waals surface area contributed by atoms with Crippen LogP contribution in [0.4, 0.5) is 56.9 Å². The second-order valence-corrected chi connectivity index (χ2v) is 15.3. The van der Waals surface area contributed by atoms with Crippen LogP contribution in [0.5, 0.6) is 0 Å². The summed E-state index contributed by atoms with van der Waals surface area (Å²) >= 11 is 0. The topological polar surface area (TPSA) is 63.7 Å². The Morgan fingerprint density at radius 2 is 0.887 bits per heavy atom. The number of para-hydroxylation sites is 5. The predicted molar refractivity (Wildman–Crippen MR) is 248 cm³/mol. The van der Waals surface area contributed by atoms with Crippen LogP contribution >= 0.6 is 0 Å². The van der Waals surface area contributed by atoms with Crippen molar-refractivity contribution in [2.75, 3.05) is 14.7 Å². The highest BCUT2D eigenvalue weighted by Crippen LogP contribution is 2.64. The van der Waals surface area contributed by atoms with E-state index in [4.69, 9.17) is 16.5 Å². The molecule has 0 saturated heterocycles. The molecule has 0 N–H and O–H groups in total. The molecular formula is C55H35N7. The fraction of sp³-hybridized carbons (Fsp3) is 0.0182. The number of benzene rings is 7. The van der Waals surface area contributed by atoms with Gasteiger partial charge in [0.05, 0.1) is 40.3 Å². The normalized spacial score (nSPS) is 12.6. The Kier molecular flexibility index (Phi) is 8.67. The summed E-state index contributed by atoms with van der Waals surface area (Å²) in [5, 5.41) is 10.5. The number of nitrogens with zero attached hydrogens (tertiary/aromatic N) is 7. The molecule has 9 aromatic rings. The van der Waals surface area contributed by atoms with Gasteiger partial charge in [-0.15, -0.1) is 0 Å². The van der Waals surface area contributed by atoms with Crippen LogP contribution in [0.1, 0.15) is 27.8 Å². The molecule has 7 heteroatoms. The number of nitriles is 1. The maximum atomic E-state index is 10.5. The van der Waals surface area contributed by atoms with Crippen molar-refractivity contribution < 1.29 is 0 Å². The highest BCUT2D eigenvalue weighted by atomic mass is 15.2. The molecule has 0 fully saturated rings. The van der Waals surface area contributed by atoms with E-state index in [1.54, 1.807) is 12.4 Å². The first-order chi connectivity index (χ1) is 30.7. The van der Waals surface area contributed by atoms with Crippen molar-refractivity contribution in [2.45, 2.75) is 5.41 Å². The molecule has 0 unspecified atom stereocenters. The maximum absolute atomic E-state index is 10.5. The molecule has 290 valence electrons. The molecule has 3 heterocycles. The van der Waals surface area contributed by atoms with E-state index in [0.29, 0.717) is 22.6 Å². The minimum absolute atomic E-state index is 0.419. The highest BCUT2D eigenvalue weighted by molar-refractivity contribution is 5.97. The van der Waals surface area contributed by atoms with Gasteiger partial charge in [-0.25, -0.2) is 4.85 Å². The third-order valence-corrected chi connectivity index (χ3v) is 11.9. The van der Waals surface area contributed by atoms with E-state index in [-0.39, 0.29) is 0 Å². The summed E-state index contributed by atoms with van der Waals surface area (Å²) in [6, 6.07) is 71.7. The molecule has 0 radical (unpaired) electrons. The first-order valence-corrected chi connectivity index (χ1v) is 20.4. The van der Waals surface area contributed by atoms with Crippen molar-refractivity contribution >= 4 is 56.9 Å². The molecule has 0 saturated carbocycles. The van der Waals surface area contributed by atoms with Crippen LogP contribution < -0.4 is 14.7 Å². The van der Waals surface area contributed by atoms with Crippen LogP contribution in [0.2, 0.25) is 0 Å². The molecule has 0 bridgehead atoms. The molecule has 1 aliphatic heterocycles. The molecule has 2 aliphatic rings. The fourth-order valence-corrected chi connectivity index (χ4v) is 9.37. The van der Waals surface area contributed by atoms with Crippen LogP contribution in [0.25, 0.3) is 16.2 Å². The zero-order chi connectivity index (χ0) is 41.6. The molecule has 62 heavy (non-hydrogen) atoms. The smallest absolute Gasteiger partial charge is 0.205 e. The monoisotopic (exact) mass is 793 g/mol. The minimum Gasteiger partial charge on any atom is -0.310 e. The van der Waals surface area contributed by atoms with E-state index in [0.717, 1.165) is 73.4 Å². The van der Waals surface area contributed by atoms with E-state index >= 15 is 0 Å². The maximum Gasteiger partial charge on any atom is 0.205 e. The molecule has 1 aliphatic carbocycles. The van der Waals surface area contributed by atoms with Gasteiger partial charge in [0, 0.05) is 57.8 Å². The lowest BCUT2D eigenvalue weighted by Crippen LogP contribution is -2.37. The summed E-state index contributed by atoms with van der Waals surface area (Å²) in [6.07, 6.45) is 3.25. The van der Waals surface area contributed by atoms with Crippen molar-refractivity contribution in [3.8, 4) is 17.5 Å². The van der Waals surface area contributed by atoms with Crippen LogP contribution in [-0.2, 0) is 5.41 Å². The Hall–Kier alpha value is -8.78. The summed E-state index contributed by atoms with van der Waals surface area (Å²) in [6.45, 7) is 8.23. The van der Waals surface area contributed by atoms with Crippen LogP contribution in [0, 0.1) is 17.9 Å². The van der Waals surface area contributed by atoms with E-state index < -0.39 is 5.41 Å². The van der Waals surface area contributed by atoms with Crippen LogP contribution in [-0.4, -0.2) is 9.97 Å². The molecule has 0 atom stereocenters. The summed E-state index contributed by atoms with van der Waals surface area (Å²) in [5.74, 6) is 0. The summed E-state index contributed by atoms with van der Waals surface area (Å²) < 4.78 is 0. The number of rotatable bonds is 7. The van der Waals surface area contributed by atoms with E-state index in [1.165, 1.54) is 0 Å². The van der Waals surface area contributed by atoms with Gasteiger partial charge in [0.25, 0.3) is 0 Å². The van der Waals surface area contributed by atoms with Crippen molar-refractivity contribution in [3.63, 3.8) is 0 Å². The van der Waals surface area contributed by atoms with Gasteiger partial charge in [-0.05, 0) is 126 Å². The standard InChI is InChI=1S/C55H35N7/c1-57-39-32-50-54(59-37-39)53-49(31-38(35-56)36-58-53)55(50)47-33-45(60(40-17-7-2-8-18-40)41-19-9-3-10-20-41)27-29-51(47)62(44-25-15-6-16-26-44)52-30-28-46(34-48(52)55)61(42-21-11-4-12-22-42)43-23-13-5-14-24-43/h2-34,36-37H. The first kappa shape index (κ1) is 36.3. The van der Waals surface area contributed by atoms with Gasteiger partial charge in [-0.2, -0.15) is 5.26 Å². The number of fused-ring (bicyclic) bond motifs is 9. The third-order valence-electron chi connectivity index (χ3n) is 11.9. The van der Waals surface area contributed by atoms with Gasteiger partial charge in [0.1, 0.15) is 6.07 Å². The lowest BCUT2D eigenvalue weighted by atomic mass is 9.64. The number of anilines is 9. The quantitative estimate of drug-likeness (QED) is 0.150. The number of pyridine rings is 2. The van der Waals surface area contributed by atoms with Crippen molar-refractivity contribution in [3.05, 3.63) is 252 Å². The predicted octanol–water partition coefficient (Wildman–Crippen LogP) is 14.0. The Balaban J connectivity index is 1.30. The molecule has 11 rings (SSSR count). The second kappa shape index (κ2) is 14.8. The van der Waals surface area contributed by atoms with Gasteiger partial charge >= 0.3 is 0 Å². The molecule has 1 spiro atoms. The van der Waals surface area contributed by atoms with Crippen molar-refractivity contribution in [1.29, 1.82) is 5.26 Å². The van der Waals surface area contributed by atoms with Crippen LogP contribution in [0.3, 0.4) is 0 Å². The molecule has 7 aromatic carbocycles. The third kappa shape index (κ3) is 5.65. The van der Waals surface area contributed by atoms with Gasteiger partial charge in [0.2, 0.25) is 5.69 Å².